The molecule has 0 radical (unpaired) electrons. The van der Waals surface area contributed by atoms with Gasteiger partial charge in [-0.15, -0.1) is 0 Å². The maximum Gasteiger partial charge on any atom is 0.270 e. The van der Waals surface area contributed by atoms with Gasteiger partial charge in [0.2, 0.25) is 0 Å². The maximum atomic E-state index is 13.0. The summed E-state index contributed by atoms with van der Waals surface area (Å²) in [6.45, 7) is 5.92. The number of aryl methyl sites for hydroxylation is 3. The largest absolute Gasteiger partial charge is 0.484 e. The number of hydrogen-bond donors (Lipinski definition) is 1. The van der Waals surface area contributed by atoms with Crippen LogP contribution in [0.25, 0.3) is 6.08 Å². The van der Waals surface area contributed by atoms with Gasteiger partial charge in [0.15, 0.2) is 10.9 Å². The molecule has 1 N–H and O–H groups in total. The van der Waals surface area contributed by atoms with E-state index in [4.69, 9.17) is 17.0 Å². The third kappa shape index (κ3) is 5.55. The van der Waals surface area contributed by atoms with Crippen molar-refractivity contribution < 1.29 is 14.3 Å². The summed E-state index contributed by atoms with van der Waals surface area (Å²) in [4.78, 5) is 27.3. The molecule has 0 bridgehead atoms. The van der Waals surface area contributed by atoms with Crippen LogP contribution in [0.2, 0.25) is 0 Å². The monoisotopic (exact) mass is 488 g/mol. The van der Waals surface area contributed by atoms with Crippen LogP contribution in [0.5, 0.6) is 5.75 Å². The number of nitrogens with zero attached hydrogens (tertiary/aromatic N) is 1. The van der Waals surface area contributed by atoms with E-state index in [-0.39, 0.29) is 18.4 Å². The number of thiocarbonyl (C=S) groups is 1. The Kier molecular flexibility index (Phi) is 7.14. The van der Waals surface area contributed by atoms with Crippen molar-refractivity contribution in [1.82, 2.24) is 0 Å². The van der Waals surface area contributed by atoms with Crippen LogP contribution in [0, 0.1) is 20.8 Å². The van der Waals surface area contributed by atoms with E-state index in [1.165, 1.54) is 17.3 Å². The quantitative estimate of drug-likeness (QED) is 0.339. The van der Waals surface area contributed by atoms with E-state index < -0.39 is 0 Å². The molecule has 1 fully saturated rings. The topological polar surface area (TPSA) is 58.6 Å². The molecule has 0 saturated carbocycles. The maximum absolute atomic E-state index is 13.0. The van der Waals surface area contributed by atoms with E-state index in [0.717, 1.165) is 28.1 Å². The SMILES string of the molecule is Cc1cccc(NC(=O)COc2ccc(/C=C3/SC(=S)N(c4ccc(C)c(C)c4)C3=O)cc2)c1. The van der Waals surface area contributed by atoms with Gasteiger partial charge >= 0.3 is 0 Å². The molecule has 172 valence electrons. The van der Waals surface area contributed by atoms with Crippen molar-refractivity contribution in [1.29, 1.82) is 0 Å². The molecule has 3 aromatic carbocycles. The van der Waals surface area contributed by atoms with Crippen molar-refractivity contribution in [2.45, 2.75) is 20.8 Å². The van der Waals surface area contributed by atoms with Crippen LogP contribution < -0.4 is 15.0 Å². The Morgan fingerprint density at radius 1 is 1.03 bits per heavy atom. The van der Waals surface area contributed by atoms with Gasteiger partial charge in [-0.25, -0.2) is 0 Å². The van der Waals surface area contributed by atoms with Crippen LogP contribution in [-0.2, 0) is 9.59 Å². The summed E-state index contributed by atoms with van der Waals surface area (Å²) in [6.07, 6.45) is 1.81. The lowest BCUT2D eigenvalue weighted by Crippen LogP contribution is -2.27. The normalized spacial score (nSPS) is 14.6. The number of carbonyl (C=O) groups excluding carboxylic acids is 2. The van der Waals surface area contributed by atoms with Gasteiger partial charge in [0.25, 0.3) is 11.8 Å². The van der Waals surface area contributed by atoms with E-state index >= 15 is 0 Å². The molecule has 3 aromatic rings. The number of amides is 2. The molecule has 1 aliphatic rings. The predicted molar refractivity (Wildman–Crippen MR) is 143 cm³/mol. The minimum Gasteiger partial charge on any atom is -0.484 e. The van der Waals surface area contributed by atoms with Crippen LogP contribution in [0.15, 0.2) is 71.6 Å². The van der Waals surface area contributed by atoms with Gasteiger partial charge in [0.1, 0.15) is 5.75 Å². The second-order valence-electron chi connectivity index (χ2n) is 8.06. The van der Waals surface area contributed by atoms with Crippen molar-refractivity contribution in [3.05, 3.63) is 93.9 Å². The molecular formula is C27H24N2O3S2. The first-order chi connectivity index (χ1) is 16.3. The zero-order valence-electron chi connectivity index (χ0n) is 19.1. The average Bonchev–Trinajstić information content (AvgIpc) is 3.08. The van der Waals surface area contributed by atoms with Gasteiger partial charge in [-0.1, -0.05) is 54.3 Å². The molecule has 1 heterocycles. The summed E-state index contributed by atoms with van der Waals surface area (Å²) in [7, 11) is 0. The van der Waals surface area contributed by atoms with Crippen LogP contribution in [-0.4, -0.2) is 22.7 Å². The number of nitrogens with one attached hydrogen (secondary N) is 1. The second kappa shape index (κ2) is 10.2. The van der Waals surface area contributed by atoms with Crippen LogP contribution in [0.3, 0.4) is 0 Å². The zero-order valence-corrected chi connectivity index (χ0v) is 20.8. The van der Waals surface area contributed by atoms with Gasteiger partial charge in [-0.05, 0) is 85.5 Å². The van der Waals surface area contributed by atoms with Crippen molar-refractivity contribution in [2.24, 2.45) is 0 Å². The molecule has 4 rings (SSSR count). The summed E-state index contributed by atoms with van der Waals surface area (Å²) >= 11 is 6.76. The van der Waals surface area contributed by atoms with Gasteiger partial charge in [-0.3, -0.25) is 14.5 Å². The highest BCUT2D eigenvalue weighted by Gasteiger charge is 2.33. The number of rotatable bonds is 6. The first-order valence-electron chi connectivity index (χ1n) is 10.7. The average molecular weight is 489 g/mol. The molecule has 1 saturated heterocycles. The smallest absolute Gasteiger partial charge is 0.270 e. The van der Waals surface area contributed by atoms with Crippen LogP contribution in [0.4, 0.5) is 11.4 Å². The number of anilines is 2. The molecule has 0 spiro atoms. The summed E-state index contributed by atoms with van der Waals surface area (Å²) in [6, 6.07) is 20.7. The summed E-state index contributed by atoms with van der Waals surface area (Å²) in [5.41, 5.74) is 5.71. The van der Waals surface area contributed by atoms with E-state index in [1.54, 1.807) is 17.0 Å². The number of benzene rings is 3. The van der Waals surface area contributed by atoms with E-state index in [1.807, 2.05) is 81.4 Å². The Morgan fingerprint density at radius 2 is 1.79 bits per heavy atom. The molecule has 2 amide bonds. The number of hydrogen-bond acceptors (Lipinski definition) is 5. The fourth-order valence-electron chi connectivity index (χ4n) is 3.44. The van der Waals surface area contributed by atoms with E-state index in [0.29, 0.717) is 15.0 Å². The van der Waals surface area contributed by atoms with Crippen molar-refractivity contribution in [3.8, 4) is 5.75 Å². The first kappa shape index (κ1) is 23.7. The zero-order chi connectivity index (χ0) is 24.2. The molecule has 0 aromatic heterocycles. The Hall–Kier alpha value is -3.42. The molecule has 34 heavy (non-hydrogen) atoms. The Morgan fingerprint density at radius 3 is 2.50 bits per heavy atom. The lowest BCUT2D eigenvalue weighted by molar-refractivity contribution is -0.118. The van der Waals surface area contributed by atoms with Crippen LogP contribution >= 0.6 is 24.0 Å². The summed E-state index contributed by atoms with van der Waals surface area (Å²) in [5.74, 6) is 0.204. The Balaban J connectivity index is 1.38. The van der Waals surface area contributed by atoms with Crippen molar-refractivity contribution in [2.75, 3.05) is 16.8 Å². The third-order valence-corrected chi connectivity index (χ3v) is 6.69. The van der Waals surface area contributed by atoms with E-state index in [9.17, 15) is 9.59 Å². The standard InChI is InChI=1S/C27H24N2O3S2/c1-17-5-4-6-21(13-17)28-25(30)16-32-23-11-8-20(9-12-23)15-24-26(31)29(27(33)34-24)22-10-7-18(2)19(3)14-22/h4-15H,16H2,1-3H3,(H,28,30)/b24-15+. The van der Waals surface area contributed by atoms with Gasteiger partial charge in [0.05, 0.1) is 10.6 Å². The fourth-order valence-corrected chi connectivity index (χ4v) is 4.73. The summed E-state index contributed by atoms with van der Waals surface area (Å²) in [5, 5.41) is 2.82. The minimum absolute atomic E-state index is 0.0953. The lowest BCUT2D eigenvalue weighted by atomic mass is 10.1. The molecule has 7 heteroatoms. The highest BCUT2D eigenvalue weighted by Crippen LogP contribution is 2.36. The predicted octanol–water partition coefficient (Wildman–Crippen LogP) is 6.04. The molecular weight excluding hydrogens is 464 g/mol. The number of ether oxygens (including phenoxy) is 1. The highest BCUT2D eigenvalue weighted by atomic mass is 32.2. The van der Waals surface area contributed by atoms with Crippen molar-refractivity contribution in [3.63, 3.8) is 0 Å². The number of thioether (sulfide) groups is 1. The highest BCUT2D eigenvalue weighted by molar-refractivity contribution is 8.27. The molecule has 0 aliphatic carbocycles. The molecule has 0 atom stereocenters. The van der Waals surface area contributed by atoms with Gasteiger partial charge in [0, 0.05) is 5.69 Å². The second-order valence-corrected chi connectivity index (χ2v) is 9.74. The Labute approximate surface area is 208 Å². The van der Waals surface area contributed by atoms with Crippen LogP contribution in [0.1, 0.15) is 22.3 Å². The number of carbonyl (C=O) groups is 2. The summed E-state index contributed by atoms with van der Waals surface area (Å²) < 4.78 is 6.11. The Bertz CT molecular complexity index is 1300. The minimum atomic E-state index is -0.232. The van der Waals surface area contributed by atoms with Gasteiger partial charge < -0.3 is 10.1 Å². The lowest BCUT2D eigenvalue weighted by Gasteiger charge is -2.15. The molecule has 1 aliphatic heterocycles. The van der Waals surface area contributed by atoms with E-state index in [2.05, 4.69) is 5.32 Å². The first-order valence-corrected chi connectivity index (χ1v) is 12.0. The third-order valence-electron chi connectivity index (χ3n) is 5.39. The van der Waals surface area contributed by atoms with Gasteiger partial charge in [-0.2, -0.15) is 0 Å². The van der Waals surface area contributed by atoms with Crippen molar-refractivity contribution >= 4 is 57.6 Å². The molecule has 0 unspecified atom stereocenters. The fraction of sp³-hybridized carbons (Fsp3) is 0.148. The molecule has 5 nitrogen and oxygen atoms in total.